The van der Waals surface area contributed by atoms with E-state index in [2.05, 4.69) is 0 Å². The van der Waals surface area contributed by atoms with Gasteiger partial charge >= 0.3 is 0 Å². The van der Waals surface area contributed by atoms with Crippen molar-refractivity contribution in [3.63, 3.8) is 0 Å². The first-order valence-electron chi connectivity index (χ1n) is 5.69. The Morgan fingerprint density at radius 2 is 2.00 bits per heavy atom. The number of rotatable bonds is 1. The average molecular weight is 258 g/mol. The van der Waals surface area contributed by atoms with Crippen molar-refractivity contribution in [3.05, 3.63) is 22.5 Å². The highest BCUT2D eigenvalue weighted by Gasteiger charge is 2.43. The molecule has 0 radical (unpaired) electrons. The van der Waals surface area contributed by atoms with Gasteiger partial charge in [-0.25, -0.2) is 4.39 Å². The first kappa shape index (κ1) is 11.1. The number of halogens is 2. The van der Waals surface area contributed by atoms with Crippen LogP contribution >= 0.6 is 11.6 Å². The smallest absolute Gasteiger partial charge is 0.182 e. The Labute approximate surface area is 104 Å². The van der Waals surface area contributed by atoms with Crippen LogP contribution in [0.4, 0.5) is 4.39 Å². The van der Waals surface area contributed by atoms with Crippen LogP contribution in [0.25, 0.3) is 0 Å². The molecule has 1 aliphatic heterocycles. The summed E-state index contributed by atoms with van der Waals surface area (Å²) in [5.41, 5.74) is 5.88. The largest absolute Gasteiger partial charge is 0.489 e. The molecule has 1 saturated carbocycles. The Bertz CT molecular complexity index is 474. The Kier molecular flexibility index (Phi) is 2.45. The van der Waals surface area contributed by atoms with Crippen LogP contribution in [-0.4, -0.2) is 13.2 Å². The quantitative estimate of drug-likeness (QED) is 0.841. The van der Waals surface area contributed by atoms with E-state index in [-0.39, 0.29) is 5.02 Å². The number of hydrogen-bond acceptors (Lipinski definition) is 3. The molecule has 1 aromatic rings. The summed E-state index contributed by atoms with van der Waals surface area (Å²) in [4.78, 5) is 0. The van der Waals surface area contributed by atoms with E-state index in [9.17, 15) is 4.39 Å². The van der Waals surface area contributed by atoms with Gasteiger partial charge in [0, 0.05) is 17.5 Å². The zero-order valence-electron chi connectivity index (χ0n) is 9.26. The van der Waals surface area contributed by atoms with E-state index >= 15 is 0 Å². The SMILES string of the molecule is NC1(c2cc3c(c(Cl)c2F)OCCCO3)CC1. The first-order chi connectivity index (χ1) is 8.12. The van der Waals surface area contributed by atoms with E-state index in [4.69, 9.17) is 26.8 Å². The van der Waals surface area contributed by atoms with Gasteiger partial charge in [-0.15, -0.1) is 0 Å². The van der Waals surface area contributed by atoms with Gasteiger partial charge in [-0.05, 0) is 18.9 Å². The van der Waals surface area contributed by atoms with Crippen molar-refractivity contribution in [1.29, 1.82) is 0 Å². The third-order valence-corrected chi connectivity index (χ3v) is 3.58. The maximum atomic E-state index is 14.1. The Morgan fingerprint density at radius 3 is 2.71 bits per heavy atom. The van der Waals surface area contributed by atoms with Crippen LogP contribution in [0.15, 0.2) is 6.07 Å². The monoisotopic (exact) mass is 257 g/mol. The lowest BCUT2D eigenvalue weighted by Crippen LogP contribution is -2.20. The number of hydrogen-bond donors (Lipinski definition) is 1. The molecule has 3 rings (SSSR count). The molecule has 1 aliphatic carbocycles. The minimum Gasteiger partial charge on any atom is -0.489 e. The molecule has 0 saturated heterocycles. The molecule has 2 aliphatic rings. The summed E-state index contributed by atoms with van der Waals surface area (Å²) in [6.07, 6.45) is 2.31. The maximum absolute atomic E-state index is 14.1. The summed E-state index contributed by atoms with van der Waals surface area (Å²) < 4.78 is 25.0. The third kappa shape index (κ3) is 1.76. The van der Waals surface area contributed by atoms with Gasteiger partial charge in [0.25, 0.3) is 0 Å². The normalized spacial score (nSPS) is 20.9. The topological polar surface area (TPSA) is 44.5 Å². The minimum atomic E-state index is -0.571. The van der Waals surface area contributed by atoms with Crippen molar-refractivity contribution < 1.29 is 13.9 Å². The molecular formula is C12H13ClFNO2. The van der Waals surface area contributed by atoms with E-state index in [0.29, 0.717) is 30.3 Å². The summed E-state index contributed by atoms with van der Waals surface area (Å²) >= 11 is 5.99. The van der Waals surface area contributed by atoms with Crippen molar-refractivity contribution in [2.24, 2.45) is 5.73 Å². The molecule has 0 unspecified atom stereocenters. The molecule has 0 bridgehead atoms. The lowest BCUT2D eigenvalue weighted by atomic mass is 10.0. The number of benzene rings is 1. The molecule has 2 N–H and O–H groups in total. The molecule has 0 amide bonds. The van der Waals surface area contributed by atoms with Gasteiger partial charge in [0.2, 0.25) is 0 Å². The minimum absolute atomic E-state index is 0.0175. The van der Waals surface area contributed by atoms with Crippen LogP contribution in [0.2, 0.25) is 5.02 Å². The second-order valence-corrected chi connectivity index (χ2v) is 4.96. The van der Waals surface area contributed by atoms with Crippen LogP contribution in [0.3, 0.4) is 0 Å². The highest BCUT2D eigenvalue weighted by molar-refractivity contribution is 6.32. The van der Waals surface area contributed by atoms with Crippen LogP contribution in [0.1, 0.15) is 24.8 Å². The van der Waals surface area contributed by atoms with Crippen molar-refractivity contribution in [2.45, 2.75) is 24.8 Å². The fourth-order valence-corrected chi connectivity index (χ4v) is 2.26. The summed E-state index contributed by atoms with van der Waals surface area (Å²) in [6.45, 7) is 1.03. The number of ether oxygens (including phenoxy) is 2. The van der Waals surface area contributed by atoms with Gasteiger partial charge in [0.15, 0.2) is 17.3 Å². The van der Waals surface area contributed by atoms with Gasteiger partial charge in [-0.1, -0.05) is 11.6 Å². The first-order valence-corrected chi connectivity index (χ1v) is 6.06. The van der Waals surface area contributed by atoms with Crippen LogP contribution in [0.5, 0.6) is 11.5 Å². The molecule has 1 aromatic carbocycles. The molecule has 1 fully saturated rings. The molecule has 0 spiro atoms. The van der Waals surface area contributed by atoms with Crippen LogP contribution < -0.4 is 15.2 Å². The molecule has 3 nitrogen and oxygen atoms in total. The summed E-state index contributed by atoms with van der Waals surface area (Å²) in [5.74, 6) is 0.325. The second kappa shape index (κ2) is 3.75. The Hall–Kier alpha value is -1.00. The van der Waals surface area contributed by atoms with Gasteiger partial charge in [-0.2, -0.15) is 0 Å². The molecular weight excluding hydrogens is 245 g/mol. The summed E-state index contributed by atoms with van der Waals surface area (Å²) in [7, 11) is 0. The predicted octanol–water partition coefficient (Wildman–Crippen LogP) is 2.59. The van der Waals surface area contributed by atoms with E-state index in [1.807, 2.05) is 0 Å². The average Bonchev–Trinajstić information content (AvgIpc) is 3.07. The zero-order valence-corrected chi connectivity index (χ0v) is 10.0. The van der Waals surface area contributed by atoms with Gasteiger partial charge in [0.05, 0.1) is 13.2 Å². The van der Waals surface area contributed by atoms with Gasteiger partial charge < -0.3 is 15.2 Å². The molecule has 5 heteroatoms. The lowest BCUT2D eigenvalue weighted by Gasteiger charge is -2.16. The fraction of sp³-hybridized carbons (Fsp3) is 0.500. The highest BCUT2D eigenvalue weighted by Crippen LogP contribution is 2.49. The van der Waals surface area contributed by atoms with E-state index in [0.717, 1.165) is 19.3 Å². The predicted molar refractivity (Wildman–Crippen MR) is 62.1 cm³/mol. The number of fused-ring (bicyclic) bond motifs is 1. The summed E-state index contributed by atoms with van der Waals surface area (Å²) in [5, 5.41) is -0.0175. The molecule has 0 atom stereocenters. The van der Waals surface area contributed by atoms with E-state index in [1.54, 1.807) is 6.07 Å². The Balaban J connectivity index is 2.14. The van der Waals surface area contributed by atoms with Crippen LogP contribution in [0, 0.1) is 5.82 Å². The lowest BCUT2D eigenvalue weighted by molar-refractivity contribution is 0.296. The molecule has 1 heterocycles. The highest BCUT2D eigenvalue weighted by atomic mass is 35.5. The summed E-state index contributed by atoms with van der Waals surface area (Å²) in [6, 6.07) is 1.63. The number of nitrogens with two attached hydrogens (primary N) is 1. The van der Waals surface area contributed by atoms with E-state index in [1.165, 1.54) is 0 Å². The van der Waals surface area contributed by atoms with Gasteiger partial charge in [0.1, 0.15) is 5.02 Å². The van der Waals surface area contributed by atoms with Crippen molar-refractivity contribution >= 4 is 11.6 Å². The molecule has 17 heavy (non-hydrogen) atoms. The van der Waals surface area contributed by atoms with E-state index < -0.39 is 11.4 Å². The zero-order chi connectivity index (χ0) is 12.0. The van der Waals surface area contributed by atoms with Crippen molar-refractivity contribution in [1.82, 2.24) is 0 Å². The molecule has 0 aromatic heterocycles. The standard InChI is InChI=1S/C12H13ClFNO2/c13-9-10(14)7(12(15)2-3-12)6-8-11(9)17-5-1-4-16-8/h6H,1-5,15H2. The van der Waals surface area contributed by atoms with Crippen molar-refractivity contribution in [2.75, 3.05) is 13.2 Å². The maximum Gasteiger partial charge on any atom is 0.182 e. The second-order valence-electron chi connectivity index (χ2n) is 4.59. The third-order valence-electron chi connectivity index (χ3n) is 3.25. The van der Waals surface area contributed by atoms with Crippen molar-refractivity contribution in [3.8, 4) is 11.5 Å². The molecule has 92 valence electrons. The van der Waals surface area contributed by atoms with Crippen LogP contribution in [-0.2, 0) is 5.54 Å². The Morgan fingerprint density at radius 1 is 1.29 bits per heavy atom. The fourth-order valence-electron chi connectivity index (χ4n) is 2.01. The van der Waals surface area contributed by atoms with Gasteiger partial charge in [-0.3, -0.25) is 0 Å².